The number of imide groups is 1. The van der Waals surface area contributed by atoms with Gasteiger partial charge in [-0.1, -0.05) is 45.7 Å². The van der Waals surface area contributed by atoms with E-state index in [0.29, 0.717) is 41.6 Å². The van der Waals surface area contributed by atoms with Crippen LogP contribution in [0, 0.1) is 0 Å². The van der Waals surface area contributed by atoms with Crippen molar-refractivity contribution in [2.75, 3.05) is 54.8 Å². The van der Waals surface area contributed by atoms with Crippen molar-refractivity contribution in [3.05, 3.63) is 62.7 Å². The molecule has 3 aromatic rings. The molecular formula is C34H39BrClN9O3. The fourth-order valence-corrected chi connectivity index (χ4v) is 8.04. The number of rotatable bonds is 6. The molecule has 3 saturated heterocycles. The smallest absolute Gasteiger partial charge is 0.255 e. The number of fused-ring (bicyclic) bond motifs is 1. The summed E-state index contributed by atoms with van der Waals surface area (Å²) in [5, 5.41) is 2.96. The average Bonchev–Trinajstić information content (AvgIpc) is 3.39. The molecule has 1 atom stereocenters. The van der Waals surface area contributed by atoms with E-state index in [1.54, 1.807) is 11.1 Å². The zero-order chi connectivity index (χ0) is 33.7. The fraction of sp³-hybridized carbons (Fsp3) is 0.441. The third-order valence-electron chi connectivity index (χ3n) is 10.1. The van der Waals surface area contributed by atoms with Gasteiger partial charge in [-0.05, 0) is 49.4 Å². The Labute approximate surface area is 292 Å². The monoisotopic (exact) mass is 735 g/mol. The van der Waals surface area contributed by atoms with E-state index in [2.05, 4.69) is 47.9 Å². The Hall–Kier alpha value is -3.78. The highest BCUT2D eigenvalue weighted by atomic mass is 79.9. The Balaban J connectivity index is 0.999. The van der Waals surface area contributed by atoms with Crippen molar-refractivity contribution in [3.8, 4) is 11.3 Å². The summed E-state index contributed by atoms with van der Waals surface area (Å²) in [5.74, 6) is 0.222. The third kappa shape index (κ3) is 6.24. The molecule has 0 spiro atoms. The van der Waals surface area contributed by atoms with E-state index in [1.165, 1.54) is 0 Å². The first-order chi connectivity index (χ1) is 23.0. The van der Waals surface area contributed by atoms with E-state index in [0.717, 1.165) is 84.8 Å². The van der Waals surface area contributed by atoms with E-state index < -0.39 is 11.9 Å². The topological polar surface area (TPSA) is 154 Å². The number of anilines is 3. The molecular weight excluding hydrogens is 698 g/mol. The number of carbonyl (C=O) groups is 3. The molecule has 252 valence electrons. The number of nitrogens with one attached hydrogen (secondary N) is 1. The molecule has 14 heteroatoms. The van der Waals surface area contributed by atoms with Gasteiger partial charge < -0.3 is 26.2 Å². The lowest BCUT2D eigenvalue weighted by Crippen LogP contribution is -2.52. The van der Waals surface area contributed by atoms with Crippen LogP contribution in [0.25, 0.3) is 11.3 Å². The van der Waals surface area contributed by atoms with Crippen LogP contribution in [0.2, 0.25) is 5.02 Å². The maximum atomic E-state index is 13.2. The second-order valence-electron chi connectivity index (χ2n) is 13.5. The van der Waals surface area contributed by atoms with Gasteiger partial charge in [0.1, 0.15) is 17.6 Å². The normalized spacial score (nSPS) is 21.5. The highest BCUT2D eigenvalue weighted by Gasteiger charge is 2.40. The number of nitrogen functional groups attached to an aromatic ring is 1. The third-order valence-corrected chi connectivity index (χ3v) is 11.5. The summed E-state index contributed by atoms with van der Waals surface area (Å²) in [6, 6.07) is 9.14. The Kier molecular flexibility index (Phi) is 8.82. The maximum absolute atomic E-state index is 13.2. The number of piperazine rings is 1. The zero-order valence-corrected chi connectivity index (χ0v) is 29.2. The van der Waals surface area contributed by atoms with Crippen molar-refractivity contribution in [3.63, 3.8) is 0 Å². The minimum absolute atomic E-state index is 0.154. The molecule has 48 heavy (non-hydrogen) atoms. The molecule has 1 unspecified atom stereocenters. The van der Waals surface area contributed by atoms with Gasteiger partial charge in [-0.3, -0.25) is 24.6 Å². The molecule has 3 amide bonds. The predicted molar refractivity (Wildman–Crippen MR) is 189 cm³/mol. The van der Waals surface area contributed by atoms with Gasteiger partial charge in [0.2, 0.25) is 11.8 Å². The zero-order valence-electron chi connectivity index (χ0n) is 26.8. The molecule has 0 radical (unpaired) electrons. The van der Waals surface area contributed by atoms with Gasteiger partial charge in [-0.15, -0.1) is 0 Å². The fourth-order valence-electron chi connectivity index (χ4n) is 7.11. The molecule has 4 aliphatic heterocycles. The van der Waals surface area contributed by atoms with Gasteiger partial charge in [0.05, 0.1) is 16.9 Å². The van der Waals surface area contributed by atoms with Gasteiger partial charge in [0, 0.05) is 79.9 Å². The first-order valence-electron chi connectivity index (χ1n) is 16.4. The van der Waals surface area contributed by atoms with Crippen molar-refractivity contribution < 1.29 is 14.4 Å². The van der Waals surface area contributed by atoms with Crippen LogP contribution in [0.15, 0.2) is 41.0 Å². The predicted octanol–water partition coefficient (Wildman–Crippen LogP) is 3.54. The number of piperidine rings is 2. The molecule has 5 N–H and O–H groups in total. The van der Waals surface area contributed by atoms with Crippen LogP contribution in [0.5, 0.6) is 0 Å². The number of amides is 3. The average molecular weight is 737 g/mol. The first kappa shape index (κ1) is 32.8. The van der Waals surface area contributed by atoms with Crippen molar-refractivity contribution in [1.29, 1.82) is 0 Å². The van der Waals surface area contributed by atoms with Crippen molar-refractivity contribution in [2.24, 2.45) is 5.73 Å². The van der Waals surface area contributed by atoms with E-state index in [9.17, 15) is 14.4 Å². The Bertz CT molecular complexity index is 1790. The molecule has 2 aromatic carbocycles. The summed E-state index contributed by atoms with van der Waals surface area (Å²) in [5.41, 5.74) is 17.4. The molecule has 0 saturated carbocycles. The van der Waals surface area contributed by atoms with E-state index in [1.807, 2.05) is 30.3 Å². The second kappa shape index (κ2) is 12.9. The first-order valence-corrected chi connectivity index (χ1v) is 17.5. The van der Waals surface area contributed by atoms with E-state index in [-0.39, 0.29) is 23.8 Å². The van der Waals surface area contributed by atoms with Gasteiger partial charge in [0.15, 0.2) is 5.82 Å². The molecule has 1 aromatic heterocycles. The lowest BCUT2D eigenvalue weighted by molar-refractivity contribution is -0.136. The standard InChI is InChI=1S/C34H39BrClN9O3/c1-34(38)9-11-44(12-10-34)26-17-39-30(31(37)40-26)22-3-2-4-24(29(22)36)43-15-13-42(14-16-43)18-20-5-6-21-23(28(20)35)19-45(33(21)48)25-7-8-27(46)41-32(25)47/h2-6,17,25H,7-16,18-19,38H2,1H3,(H2,37,40)(H,41,46,47). The van der Waals surface area contributed by atoms with Crippen LogP contribution in [-0.4, -0.2) is 88.3 Å². The number of aromatic nitrogens is 2. The number of benzene rings is 2. The molecule has 12 nitrogen and oxygen atoms in total. The lowest BCUT2D eigenvalue weighted by Gasteiger charge is -2.37. The molecule has 3 fully saturated rings. The van der Waals surface area contributed by atoms with Crippen LogP contribution in [-0.2, 0) is 22.7 Å². The molecule has 5 heterocycles. The number of hydrogen-bond donors (Lipinski definition) is 3. The number of carbonyl (C=O) groups excluding carboxylic acids is 3. The highest BCUT2D eigenvalue weighted by Crippen LogP contribution is 2.39. The van der Waals surface area contributed by atoms with Crippen molar-refractivity contribution >= 4 is 62.6 Å². The molecule has 0 bridgehead atoms. The number of hydrogen-bond acceptors (Lipinski definition) is 10. The van der Waals surface area contributed by atoms with Gasteiger partial charge in [-0.2, -0.15) is 0 Å². The van der Waals surface area contributed by atoms with Crippen LogP contribution in [0.4, 0.5) is 17.3 Å². The summed E-state index contributed by atoms with van der Waals surface area (Å²) in [7, 11) is 0. The second-order valence-corrected chi connectivity index (χ2v) is 14.6. The van der Waals surface area contributed by atoms with Crippen LogP contribution in [0.1, 0.15) is 54.1 Å². The van der Waals surface area contributed by atoms with Crippen molar-refractivity contribution in [1.82, 2.24) is 25.1 Å². The largest absolute Gasteiger partial charge is 0.382 e. The summed E-state index contributed by atoms with van der Waals surface area (Å²) in [4.78, 5) is 55.1. The number of nitrogens with zero attached hydrogens (tertiary/aromatic N) is 6. The van der Waals surface area contributed by atoms with Crippen molar-refractivity contribution in [2.45, 2.75) is 57.3 Å². The SMILES string of the molecule is CC1(N)CCN(c2cnc(-c3cccc(N4CCN(Cc5ccc6c(c5Br)CN(C5CCC(=O)NC5=O)C6=O)CC4)c3Cl)c(N)n2)CC1. The number of halogens is 2. The summed E-state index contributed by atoms with van der Waals surface area (Å²) < 4.78 is 0.893. The molecule has 7 rings (SSSR count). The van der Waals surface area contributed by atoms with Gasteiger partial charge in [-0.25, -0.2) is 9.97 Å². The van der Waals surface area contributed by atoms with Crippen LogP contribution < -0.4 is 26.6 Å². The van der Waals surface area contributed by atoms with Crippen LogP contribution >= 0.6 is 27.5 Å². The Morgan fingerprint density at radius 2 is 1.77 bits per heavy atom. The summed E-state index contributed by atoms with van der Waals surface area (Å²) >= 11 is 10.8. The Morgan fingerprint density at radius 3 is 2.48 bits per heavy atom. The molecule has 0 aliphatic carbocycles. The lowest BCUT2D eigenvalue weighted by atomic mass is 9.91. The molecule has 4 aliphatic rings. The minimum Gasteiger partial charge on any atom is -0.382 e. The van der Waals surface area contributed by atoms with Gasteiger partial charge in [0.25, 0.3) is 5.91 Å². The minimum atomic E-state index is -0.637. The van der Waals surface area contributed by atoms with E-state index in [4.69, 9.17) is 28.1 Å². The van der Waals surface area contributed by atoms with E-state index >= 15 is 0 Å². The number of nitrogens with two attached hydrogens (primary N) is 2. The quantitative estimate of drug-likeness (QED) is 0.321. The van der Waals surface area contributed by atoms with Crippen LogP contribution in [0.3, 0.4) is 0 Å². The Morgan fingerprint density at radius 1 is 1.02 bits per heavy atom. The summed E-state index contributed by atoms with van der Waals surface area (Å²) in [6.07, 6.45) is 4.11. The van der Waals surface area contributed by atoms with Gasteiger partial charge >= 0.3 is 0 Å². The summed E-state index contributed by atoms with van der Waals surface area (Å²) in [6.45, 7) is 7.96. The maximum Gasteiger partial charge on any atom is 0.255 e. The highest BCUT2D eigenvalue weighted by molar-refractivity contribution is 9.10.